The Kier molecular flexibility index (Phi) is 6.22. The molecule has 0 saturated carbocycles. The molecular formula is C15H23F2NO. The second kappa shape index (κ2) is 7.43. The van der Waals surface area contributed by atoms with E-state index in [-0.39, 0.29) is 17.8 Å². The second-order valence-corrected chi connectivity index (χ2v) is 5.53. The Hall–Kier alpha value is -1.16. The molecule has 19 heavy (non-hydrogen) atoms. The van der Waals surface area contributed by atoms with Crippen LogP contribution in [0.15, 0.2) is 18.2 Å². The summed E-state index contributed by atoms with van der Waals surface area (Å²) in [5.41, 5.74) is 0. The third kappa shape index (κ3) is 5.55. The number of hydrogen-bond acceptors (Lipinski definition) is 2. The molecule has 1 aromatic carbocycles. The first kappa shape index (κ1) is 15.9. The van der Waals surface area contributed by atoms with Gasteiger partial charge in [0.1, 0.15) is 11.9 Å². The first-order valence-corrected chi connectivity index (χ1v) is 6.72. The summed E-state index contributed by atoms with van der Waals surface area (Å²) in [6.45, 7) is 9.81. The van der Waals surface area contributed by atoms with Crippen molar-refractivity contribution < 1.29 is 13.5 Å². The lowest BCUT2D eigenvalue weighted by Gasteiger charge is -2.23. The fourth-order valence-corrected chi connectivity index (χ4v) is 1.66. The lowest BCUT2D eigenvalue weighted by Crippen LogP contribution is -2.37. The fourth-order valence-electron chi connectivity index (χ4n) is 1.66. The Morgan fingerprint density at radius 1 is 1.11 bits per heavy atom. The molecule has 1 rings (SSSR count). The topological polar surface area (TPSA) is 21.3 Å². The van der Waals surface area contributed by atoms with Gasteiger partial charge in [0, 0.05) is 12.6 Å². The molecule has 0 saturated heterocycles. The maximum absolute atomic E-state index is 13.5. The first-order chi connectivity index (χ1) is 8.90. The molecule has 0 bridgehead atoms. The van der Waals surface area contributed by atoms with Crippen molar-refractivity contribution in [2.24, 2.45) is 11.8 Å². The van der Waals surface area contributed by atoms with E-state index in [1.165, 1.54) is 12.1 Å². The number of halogens is 2. The Labute approximate surface area is 114 Å². The summed E-state index contributed by atoms with van der Waals surface area (Å²) < 4.78 is 32.0. The third-order valence-electron chi connectivity index (χ3n) is 2.81. The number of benzene rings is 1. The summed E-state index contributed by atoms with van der Waals surface area (Å²) in [6, 6.07) is 3.38. The van der Waals surface area contributed by atoms with Gasteiger partial charge in [-0.15, -0.1) is 0 Å². The number of rotatable bonds is 7. The van der Waals surface area contributed by atoms with E-state index in [4.69, 9.17) is 4.74 Å². The summed E-state index contributed by atoms with van der Waals surface area (Å²) in [4.78, 5) is 0. The van der Waals surface area contributed by atoms with E-state index in [0.29, 0.717) is 12.5 Å². The van der Waals surface area contributed by atoms with E-state index in [1.807, 2.05) is 13.8 Å². The predicted molar refractivity (Wildman–Crippen MR) is 73.3 cm³/mol. The monoisotopic (exact) mass is 271 g/mol. The minimum absolute atomic E-state index is 0.103. The van der Waals surface area contributed by atoms with Gasteiger partial charge in [-0.05, 0) is 30.5 Å². The average molecular weight is 271 g/mol. The quantitative estimate of drug-likeness (QED) is 0.818. The predicted octanol–water partition coefficient (Wildman–Crippen LogP) is 3.61. The lowest BCUT2D eigenvalue weighted by atomic mass is 10.1. The van der Waals surface area contributed by atoms with Gasteiger partial charge in [-0.3, -0.25) is 0 Å². The Morgan fingerprint density at radius 3 is 2.32 bits per heavy atom. The van der Waals surface area contributed by atoms with Crippen molar-refractivity contribution in [3.8, 4) is 5.75 Å². The highest BCUT2D eigenvalue weighted by atomic mass is 19.1. The Balaban J connectivity index is 2.62. The van der Waals surface area contributed by atoms with Crippen LogP contribution in [0, 0.1) is 23.5 Å². The highest BCUT2D eigenvalue weighted by Crippen LogP contribution is 2.21. The fraction of sp³-hybridized carbons (Fsp3) is 0.600. The molecule has 1 unspecified atom stereocenters. The van der Waals surface area contributed by atoms with Crippen LogP contribution in [0.1, 0.15) is 27.7 Å². The molecule has 0 aliphatic rings. The van der Waals surface area contributed by atoms with Gasteiger partial charge >= 0.3 is 0 Å². The van der Waals surface area contributed by atoms with Crippen LogP contribution in [0.3, 0.4) is 0 Å². The number of nitrogens with one attached hydrogen (secondary N) is 1. The van der Waals surface area contributed by atoms with Gasteiger partial charge in [-0.1, -0.05) is 27.7 Å². The van der Waals surface area contributed by atoms with Gasteiger partial charge in [-0.25, -0.2) is 8.78 Å². The minimum Gasteiger partial charge on any atom is -0.486 e. The van der Waals surface area contributed by atoms with E-state index in [2.05, 4.69) is 19.2 Å². The van der Waals surface area contributed by atoms with E-state index in [9.17, 15) is 8.78 Å². The van der Waals surface area contributed by atoms with Gasteiger partial charge in [-0.2, -0.15) is 0 Å². The largest absolute Gasteiger partial charge is 0.486 e. The van der Waals surface area contributed by atoms with Gasteiger partial charge in [0.05, 0.1) is 0 Å². The molecular weight excluding hydrogens is 248 g/mol. The Bertz CT molecular complexity index is 394. The summed E-state index contributed by atoms with van der Waals surface area (Å²) in [6.07, 6.45) is -0.140. The Morgan fingerprint density at radius 2 is 1.79 bits per heavy atom. The van der Waals surface area contributed by atoms with Crippen molar-refractivity contribution in [3.05, 3.63) is 29.8 Å². The molecule has 0 heterocycles. The maximum Gasteiger partial charge on any atom is 0.167 e. The number of ether oxygens (including phenoxy) is 1. The third-order valence-corrected chi connectivity index (χ3v) is 2.81. The average Bonchev–Trinajstić information content (AvgIpc) is 2.30. The zero-order chi connectivity index (χ0) is 14.4. The van der Waals surface area contributed by atoms with Gasteiger partial charge in [0.2, 0.25) is 0 Å². The molecule has 0 aromatic heterocycles. The molecule has 0 fully saturated rings. The van der Waals surface area contributed by atoms with E-state index in [1.54, 1.807) is 0 Å². The molecule has 108 valence electrons. The first-order valence-electron chi connectivity index (χ1n) is 6.72. The smallest absolute Gasteiger partial charge is 0.167 e. The van der Waals surface area contributed by atoms with Crippen molar-refractivity contribution in [2.75, 3.05) is 13.1 Å². The standard InChI is InChI=1S/C15H23F2NO/c1-10(2)8-18-9-15(11(3)4)19-14-6-5-12(16)7-13(14)17/h5-7,10-11,15,18H,8-9H2,1-4H3. The van der Waals surface area contributed by atoms with E-state index < -0.39 is 11.6 Å². The minimum atomic E-state index is -0.658. The van der Waals surface area contributed by atoms with E-state index in [0.717, 1.165) is 12.6 Å². The summed E-state index contributed by atoms with van der Waals surface area (Å²) in [5.74, 6) is -0.357. The molecule has 0 aliphatic carbocycles. The van der Waals surface area contributed by atoms with Crippen LogP contribution in [0.4, 0.5) is 8.78 Å². The van der Waals surface area contributed by atoms with Crippen LogP contribution >= 0.6 is 0 Å². The van der Waals surface area contributed by atoms with Crippen molar-refractivity contribution in [1.82, 2.24) is 5.32 Å². The summed E-state index contributed by atoms with van der Waals surface area (Å²) in [7, 11) is 0. The zero-order valence-corrected chi connectivity index (χ0v) is 12.0. The van der Waals surface area contributed by atoms with Crippen LogP contribution in [-0.4, -0.2) is 19.2 Å². The van der Waals surface area contributed by atoms with Gasteiger partial charge < -0.3 is 10.1 Å². The number of hydrogen-bond donors (Lipinski definition) is 1. The molecule has 0 amide bonds. The van der Waals surface area contributed by atoms with Crippen molar-refractivity contribution >= 4 is 0 Å². The maximum atomic E-state index is 13.5. The highest BCUT2D eigenvalue weighted by Gasteiger charge is 2.17. The van der Waals surface area contributed by atoms with Crippen molar-refractivity contribution in [2.45, 2.75) is 33.8 Å². The zero-order valence-electron chi connectivity index (χ0n) is 12.0. The van der Waals surface area contributed by atoms with Crippen LogP contribution in [-0.2, 0) is 0 Å². The van der Waals surface area contributed by atoms with Gasteiger partial charge in [0.25, 0.3) is 0 Å². The second-order valence-electron chi connectivity index (χ2n) is 5.53. The molecule has 1 atom stereocenters. The molecule has 2 nitrogen and oxygen atoms in total. The SMILES string of the molecule is CC(C)CNCC(Oc1ccc(F)cc1F)C(C)C. The van der Waals surface area contributed by atoms with Crippen molar-refractivity contribution in [3.63, 3.8) is 0 Å². The molecule has 0 aliphatic heterocycles. The van der Waals surface area contributed by atoms with Crippen LogP contribution in [0.2, 0.25) is 0 Å². The van der Waals surface area contributed by atoms with Crippen LogP contribution in [0.25, 0.3) is 0 Å². The molecule has 0 radical (unpaired) electrons. The normalized spacial score (nSPS) is 13.1. The van der Waals surface area contributed by atoms with Crippen molar-refractivity contribution in [1.29, 1.82) is 0 Å². The summed E-state index contributed by atoms with van der Waals surface area (Å²) in [5, 5.41) is 3.30. The molecule has 1 N–H and O–H groups in total. The van der Waals surface area contributed by atoms with Crippen LogP contribution < -0.4 is 10.1 Å². The molecule has 0 spiro atoms. The molecule has 4 heteroatoms. The van der Waals surface area contributed by atoms with Crippen LogP contribution in [0.5, 0.6) is 5.75 Å². The summed E-state index contributed by atoms with van der Waals surface area (Å²) >= 11 is 0. The molecule has 1 aromatic rings. The lowest BCUT2D eigenvalue weighted by molar-refractivity contribution is 0.141. The van der Waals surface area contributed by atoms with E-state index >= 15 is 0 Å². The van der Waals surface area contributed by atoms with Gasteiger partial charge in [0.15, 0.2) is 11.6 Å². The highest BCUT2D eigenvalue weighted by molar-refractivity contribution is 5.25.